The van der Waals surface area contributed by atoms with E-state index in [2.05, 4.69) is 40.2 Å². The Morgan fingerprint density at radius 3 is 2.39 bits per heavy atom. The van der Waals surface area contributed by atoms with Crippen LogP contribution in [0.25, 0.3) is 5.69 Å². The molecular formula is C20H19BrN4O3. The number of nitro benzene ring substituents is 1. The Kier molecular flexibility index (Phi) is 5.60. The minimum Gasteiger partial charge on any atom is -0.350 e. The second-order valence-electron chi connectivity index (χ2n) is 6.99. The first-order valence-corrected chi connectivity index (χ1v) is 9.40. The molecule has 2 aromatic carbocycles. The number of halogens is 1. The minimum atomic E-state index is -0.459. The van der Waals surface area contributed by atoms with Gasteiger partial charge in [-0.1, -0.05) is 41.9 Å². The number of nitro groups is 1. The molecule has 0 spiro atoms. The van der Waals surface area contributed by atoms with Gasteiger partial charge in [-0.05, 0) is 35.9 Å². The highest BCUT2D eigenvalue weighted by Crippen LogP contribution is 2.24. The third-order valence-electron chi connectivity index (χ3n) is 4.46. The topological polar surface area (TPSA) is 90.1 Å². The van der Waals surface area contributed by atoms with Crippen LogP contribution in [0.2, 0.25) is 0 Å². The van der Waals surface area contributed by atoms with E-state index in [4.69, 9.17) is 0 Å². The van der Waals surface area contributed by atoms with Crippen molar-refractivity contribution in [1.82, 2.24) is 15.1 Å². The van der Waals surface area contributed by atoms with Crippen molar-refractivity contribution < 1.29 is 9.72 Å². The lowest BCUT2D eigenvalue weighted by molar-refractivity contribution is -0.384. The highest BCUT2D eigenvalue weighted by Gasteiger charge is 2.22. The molecule has 0 bridgehead atoms. The fourth-order valence-electron chi connectivity index (χ4n) is 2.71. The normalized spacial score (nSPS) is 11.2. The molecule has 0 saturated heterocycles. The number of nitrogens with one attached hydrogen (secondary N) is 1. The van der Waals surface area contributed by atoms with E-state index in [0.29, 0.717) is 12.2 Å². The summed E-state index contributed by atoms with van der Waals surface area (Å²) in [5, 5.41) is 17.9. The summed E-state index contributed by atoms with van der Waals surface area (Å²) in [7, 11) is 0. The van der Waals surface area contributed by atoms with Gasteiger partial charge in [0, 0.05) is 34.8 Å². The number of non-ortho nitro benzene ring substituents is 1. The molecule has 1 N–H and O–H groups in total. The average Bonchev–Trinajstić information content (AvgIpc) is 3.17. The van der Waals surface area contributed by atoms with E-state index in [1.165, 1.54) is 16.8 Å². The summed E-state index contributed by atoms with van der Waals surface area (Å²) in [6.45, 7) is 4.58. The van der Waals surface area contributed by atoms with E-state index >= 15 is 0 Å². The molecule has 3 rings (SSSR count). The van der Waals surface area contributed by atoms with Crippen molar-refractivity contribution >= 4 is 27.5 Å². The van der Waals surface area contributed by atoms with Crippen LogP contribution < -0.4 is 5.32 Å². The predicted molar refractivity (Wildman–Crippen MR) is 110 cm³/mol. The summed E-state index contributed by atoms with van der Waals surface area (Å²) < 4.78 is 2.52. The Morgan fingerprint density at radius 2 is 1.79 bits per heavy atom. The van der Waals surface area contributed by atoms with Gasteiger partial charge in [0.25, 0.3) is 11.6 Å². The number of rotatable bonds is 6. The van der Waals surface area contributed by atoms with E-state index in [1.54, 1.807) is 24.4 Å². The summed E-state index contributed by atoms with van der Waals surface area (Å²) >= 11 is 3.42. The predicted octanol–water partition coefficient (Wildman–Crippen LogP) is 4.25. The first-order chi connectivity index (χ1) is 13.3. The van der Waals surface area contributed by atoms with Crippen LogP contribution in [-0.2, 0) is 5.41 Å². The van der Waals surface area contributed by atoms with Crippen LogP contribution in [0.3, 0.4) is 0 Å². The van der Waals surface area contributed by atoms with E-state index in [9.17, 15) is 14.9 Å². The number of benzene rings is 2. The van der Waals surface area contributed by atoms with Gasteiger partial charge < -0.3 is 5.32 Å². The number of carbonyl (C=O) groups excluding carboxylic acids is 1. The minimum absolute atomic E-state index is 0.00375. The third kappa shape index (κ3) is 4.45. The number of hydrogen-bond donors (Lipinski definition) is 1. The second kappa shape index (κ2) is 7.93. The summed E-state index contributed by atoms with van der Waals surface area (Å²) in [6.07, 6.45) is 1.65. The number of amides is 1. The van der Waals surface area contributed by atoms with Gasteiger partial charge in [0.05, 0.1) is 10.6 Å². The second-order valence-corrected chi connectivity index (χ2v) is 7.91. The summed E-state index contributed by atoms with van der Waals surface area (Å²) in [5.41, 5.74) is 1.80. The van der Waals surface area contributed by atoms with Crippen molar-refractivity contribution in [2.24, 2.45) is 0 Å². The van der Waals surface area contributed by atoms with Crippen molar-refractivity contribution in [3.63, 3.8) is 0 Å². The number of carbonyl (C=O) groups is 1. The summed E-state index contributed by atoms with van der Waals surface area (Å²) in [6, 6.07) is 15.6. The maximum atomic E-state index is 12.5. The zero-order chi connectivity index (χ0) is 20.3. The Bertz CT molecular complexity index is 995. The maximum Gasteiger partial charge on any atom is 0.271 e. The lowest BCUT2D eigenvalue weighted by Crippen LogP contribution is -2.36. The molecule has 0 aliphatic rings. The number of hydrogen-bond acceptors (Lipinski definition) is 4. The van der Waals surface area contributed by atoms with E-state index < -0.39 is 4.92 Å². The lowest BCUT2D eigenvalue weighted by Gasteiger charge is -2.25. The van der Waals surface area contributed by atoms with E-state index in [-0.39, 0.29) is 22.7 Å². The average molecular weight is 443 g/mol. The highest BCUT2D eigenvalue weighted by molar-refractivity contribution is 9.10. The van der Waals surface area contributed by atoms with Gasteiger partial charge >= 0.3 is 0 Å². The molecule has 144 valence electrons. The molecule has 0 atom stereocenters. The van der Waals surface area contributed by atoms with Crippen LogP contribution >= 0.6 is 15.9 Å². The van der Waals surface area contributed by atoms with Gasteiger partial charge in [-0.15, -0.1) is 0 Å². The van der Waals surface area contributed by atoms with Crippen molar-refractivity contribution in [3.05, 3.63) is 86.6 Å². The molecule has 0 saturated carbocycles. The number of nitrogens with zero attached hydrogens (tertiary/aromatic N) is 3. The molecule has 0 aliphatic heterocycles. The number of aromatic nitrogens is 2. The van der Waals surface area contributed by atoms with Crippen LogP contribution in [0.4, 0.5) is 5.69 Å². The summed E-state index contributed by atoms with van der Waals surface area (Å²) in [5.74, 6) is -0.272. The van der Waals surface area contributed by atoms with Crippen LogP contribution in [0.5, 0.6) is 0 Å². The molecule has 0 fully saturated rings. The fraction of sp³-hybridized carbons (Fsp3) is 0.200. The van der Waals surface area contributed by atoms with Crippen LogP contribution in [0, 0.1) is 10.1 Å². The Hall–Kier alpha value is -3.00. The van der Waals surface area contributed by atoms with Crippen molar-refractivity contribution in [1.29, 1.82) is 0 Å². The van der Waals surface area contributed by atoms with Gasteiger partial charge in [0.1, 0.15) is 0 Å². The van der Waals surface area contributed by atoms with Crippen LogP contribution in [-0.4, -0.2) is 27.2 Å². The molecular weight excluding hydrogens is 424 g/mol. The molecule has 0 radical (unpaired) electrons. The van der Waals surface area contributed by atoms with Crippen molar-refractivity contribution in [2.45, 2.75) is 19.3 Å². The van der Waals surface area contributed by atoms with Gasteiger partial charge in [0.15, 0.2) is 5.69 Å². The molecule has 3 aromatic rings. The standard InChI is InChI=1S/C20H19BrN4O3/c1-20(2,14-3-5-15(21)6-4-14)13-22-19(26)18-11-12-24(23-18)16-7-9-17(10-8-16)25(27)28/h3-12H,13H2,1-2H3,(H,22,26). The quantitative estimate of drug-likeness (QED) is 0.456. The highest BCUT2D eigenvalue weighted by atomic mass is 79.9. The van der Waals surface area contributed by atoms with Gasteiger partial charge in [0.2, 0.25) is 0 Å². The van der Waals surface area contributed by atoms with Gasteiger partial charge in [-0.2, -0.15) is 5.10 Å². The van der Waals surface area contributed by atoms with Crippen LogP contribution in [0.1, 0.15) is 29.9 Å². The lowest BCUT2D eigenvalue weighted by atomic mass is 9.84. The molecule has 1 aromatic heterocycles. The SMILES string of the molecule is CC(C)(CNC(=O)c1ccn(-c2ccc([N+](=O)[O-])cc2)n1)c1ccc(Br)cc1. The smallest absolute Gasteiger partial charge is 0.271 e. The third-order valence-corrected chi connectivity index (χ3v) is 4.99. The molecule has 0 unspecified atom stereocenters. The van der Waals surface area contributed by atoms with Crippen molar-refractivity contribution in [3.8, 4) is 5.69 Å². The monoisotopic (exact) mass is 442 g/mol. The molecule has 1 heterocycles. The Balaban J connectivity index is 1.67. The van der Waals surface area contributed by atoms with E-state index in [0.717, 1.165) is 10.0 Å². The first-order valence-electron chi connectivity index (χ1n) is 8.61. The molecule has 28 heavy (non-hydrogen) atoms. The first kappa shape index (κ1) is 19.8. The molecule has 7 nitrogen and oxygen atoms in total. The Morgan fingerprint density at radius 1 is 1.14 bits per heavy atom. The maximum absolute atomic E-state index is 12.5. The zero-order valence-corrected chi connectivity index (χ0v) is 17.0. The van der Waals surface area contributed by atoms with Gasteiger partial charge in [-0.3, -0.25) is 14.9 Å². The van der Waals surface area contributed by atoms with Gasteiger partial charge in [-0.25, -0.2) is 4.68 Å². The zero-order valence-electron chi connectivity index (χ0n) is 15.4. The molecule has 8 heteroatoms. The molecule has 1 amide bonds. The van der Waals surface area contributed by atoms with Crippen LogP contribution in [0.15, 0.2) is 65.3 Å². The fourth-order valence-corrected chi connectivity index (χ4v) is 2.98. The summed E-state index contributed by atoms with van der Waals surface area (Å²) in [4.78, 5) is 22.8. The van der Waals surface area contributed by atoms with E-state index in [1.807, 2.05) is 24.3 Å². The van der Waals surface area contributed by atoms with Crippen molar-refractivity contribution in [2.75, 3.05) is 6.54 Å². The largest absolute Gasteiger partial charge is 0.350 e. The Labute approximate surface area is 170 Å². The molecule has 0 aliphatic carbocycles.